The average molecular weight is 366 g/mol. The van der Waals surface area contributed by atoms with E-state index in [0.717, 1.165) is 0 Å². The zero-order chi connectivity index (χ0) is 19.4. The second kappa shape index (κ2) is 7.86. The Hall–Kier alpha value is -3.41. The van der Waals surface area contributed by atoms with Gasteiger partial charge in [-0.1, -0.05) is 32.0 Å². The van der Waals surface area contributed by atoms with Crippen LogP contribution in [0.5, 0.6) is 0 Å². The summed E-state index contributed by atoms with van der Waals surface area (Å²) in [6.07, 6.45) is 0. The van der Waals surface area contributed by atoms with E-state index >= 15 is 0 Å². The molecule has 0 atom stereocenters. The lowest BCUT2D eigenvalue weighted by Gasteiger charge is -2.09. The Labute approximate surface area is 156 Å². The monoisotopic (exact) mass is 366 g/mol. The largest absolute Gasteiger partial charge is 0.451 e. The van der Waals surface area contributed by atoms with E-state index in [2.05, 4.69) is 10.6 Å². The summed E-state index contributed by atoms with van der Waals surface area (Å²) in [6.45, 7) is 3.59. The number of benzene rings is 2. The minimum atomic E-state index is -0.468. The van der Waals surface area contributed by atoms with Crippen molar-refractivity contribution >= 4 is 23.2 Å². The molecule has 3 aromatic rings. The number of rotatable bonds is 5. The van der Waals surface area contributed by atoms with E-state index in [0.29, 0.717) is 11.4 Å². The van der Waals surface area contributed by atoms with Crippen LogP contribution in [-0.4, -0.2) is 11.8 Å². The standard InChI is InChI=1S/C21H19FN2O3/c1-13(2)20(25)23-14-6-5-7-15(12-14)24-21(26)19-11-10-18(27-19)16-8-3-4-9-17(16)22/h3-13H,1-2H3,(H,23,25)(H,24,26). The third kappa shape index (κ3) is 4.41. The summed E-state index contributed by atoms with van der Waals surface area (Å²) in [7, 11) is 0. The molecule has 1 heterocycles. The quantitative estimate of drug-likeness (QED) is 0.672. The summed E-state index contributed by atoms with van der Waals surface area (Å²) in [5.74, 6) is -0.819. The van der Waals surface area contributed by atoms with E-state index in [4.69, 9.17) is 4.42 Å². The number of hydrogen-bond donors (Lipinski definition) is 2. The van der Waals surface area contributed by atoms with Gasteiger partial charge in [0, 0.05) is 17.3 Å². The van der Waals surface area contributed by atoms with Crippen molar-refractivity contribution in [2.75, 3.05) is 10.6 Å². The SMILES string of the molecule is CC(C)C(=O)Nc1cccc(NC(=O)c2ccc(-c3ccccc3F)o2)c1. The number of carbonyl (C=O) groups is 2. The Morgan fingerprint density at radius 2 is 1.63 bits per heavy atom. The van der Waals surface area contributed by atoms with E-state index in [1.165, 1.54) is 12.1 Å². The minimum absolute atomic E-state index is 0.0601. The number of anilines is 2. The molecule has 0 saturated heterocycles. The highest BCUT2D eigenvalue weighted by molar-refractivity contribution is 6.03. The Bertz CT molecular complexity index is 979. The van der Waals surface area contributed by atoms with Crippen LogP contribution in [0, 0.1) is 11.7 Å². The number of nitrogens with one attached hydrogen (secondary N) is 2. The molecule has 2 amide bonds. The van der Waals surface area contributed by atoms with Crippen LogP contribution in [0.15, 0.2) is 65.1 Å². The van der Waals surface area contributed by atoms with Gasteiger partial charge in [-0.15, -0.1) is 0 Å². The molecule has 0 saturated carbocycles. The first-order valence-corrected chi connectivity index (χ1v) is 8.51. The van der Waals surface area contributed by atoms with Gasteiger partial charge in [-0.3, -0.25) is 9.59 Å². The predicted molar refractivity (Wildman–Crippen MR) is 102 cm³/mol. The lowest BCUT2D eigenvalue weighted by molar-refractivity contribution is -0.118. The fourth-order valence-corrected chi connectivity index (χ4v) is 2.42. The van der Waals surface area contributed by atoms with Crippen molar-refractivity contribution in [1.29, 1.82) is 0 Å². The summed E-state index contributed by atoms with van der Waals surface area (Å²) >= 11 is 0. The molecule has 3 rings (SSSR count). The van der Waals surface area contributed by atoms with E-state index < -0.39 is 11.7 Å². The predicted octanol–water partition coefficient (Wildman–Crippen LogP) is 4.93. The highest BCUT2D eigenvalue weighted by Crippen LogP contribution is 2.25. The molecule has 0 aliphatic carbocycles. The molecule has 0 fully saturated rings. The van der Waals surface area contributed by atoms with Crippen LogP contribution in [0.3, 0.4) is 0 Å². The van der Waals surface area contributed by atoms with E-state index in [1.54, 1.807) is 62.4 Å². The topological polar surface area (TPSA) is 71.3 Å². The summed E-state index contributed by atoms with van der Waals surface area (Å²) in [4.78, 5) is 24.2. The zero-order valence-corrected chi connectivity index (χ0v) is 15.0. The molecule has 0 spiro atoms. The first-order chi connectivity index (χ1) is 12.9. The highest BCUT2D eigenvalue weighted by Gasteiger charge is 2.15. The summed E-state index contributed by atoms with van der Waals surface area (Å²) < 4.78 is 19.3. The van der Waals surface area contributed by atoms with E-state index in [1.807, 2.05) is 0 Å². The van der Waals surface area contributed by atoms with Crippen molar-refractivity contribution in [1.82, 2.24) is 0 Å². The van der Waals surface area contributed by atoms with Crippen LogP contribution in [0.2, 0.25) is 0 Å². The Morgan fingerprint density at radius 1 is 0.926 bits per heavy atom. The summed E-state index contributed by atoms with van der Waals surface area (Å²) in [5.41, 5.74) is 1.37. The summed E-state index contributed by atoms with van der Waals surface area (Å²) in [5, 5.41) is 5.47. The molecule has 2 aromatic carbocycles. The molecule has 0 aliphatic rings. The molecule has 6 heteroatoms. The van der Waals surface area contributed by atoms with Gasteiger partial charge in [-0.2, -0.15) is 0 Å². The molecule has 5 nitrogen and oxygen atoms in total. The maximum atomic E-state index is 13.8. The van der Waals surface area contributed by atoms with Gasteiger partial charge in [0.15, 0.2) is 5.76 Å². The number of carbonyl (C=O) groups excluding carboxylic acids is 2. The zero-order valence-electron chi connectivity index (χ0n) is 15.0. The van der Waals surface area contributed by atoms with E-state index in [9.17, 15) is 14.0 Å². The molecule has 2 N–H and O–H groups in total. The third-order valence-electron chi connectivity index (χ3n) is 3.88. The highest BCUT2D eigenvalue weighted by atomic mass is 19.1. The fraction of sp³-hybridized carbons (Fsp3) is 0.143. The van der Waals surface area contributed by atoms with Crippen molar-refractivity contribution in [3.05, 3.63) is 72.2 Å². The molecule has 1 aromatic heterocycles. The van der Waals surface area contributed by atoms with Gasteiger partial charge in [0.05, 0.1) is 5.56 Å². The minimum Gasteiger partial charge on any atom is -0.451 e. The van der Waals surface area contributed by atoms with Crippen LogP contribution in [0.1, 0.15) is 24.4 Å². The summed E-state index contributed by atoms with van der Waals surface area (Å²) in [6, 6.07) is 16.0. The molecule has 138 valence electrons. The second-order valence-corrected chi connectivity index (χ2v) is 6.32. The van der Waals surface area contributed by atoms with Crippen LogP contribution in [0.25, 0.3) is 11.3 Å². The Balaban J connectivity index is 1.73. The molecule has 0 radical (unpaired) electrons. The van der Waals surface area contributed by atoms with Gasteiger partial charge in [0.2, 0.25) is 5.91 Å². The van der Waals surface area contributed by atoms with Crippen molar-refractivity contribution in [2.24, 2.45) is 5.92 Å². The third-order valence-corrected chi connectivity index (χ3v) is 3.88. The first-order valence-electron chi connectivity index (χ1n) is 8.51. The van der Waals surface area contributed by atoms with Gasteiger partial charge >= 0.3 is 0 Å². The molecular weight excluding hydrogens is 347 g/mol. The average Bonchev–Trinajstić information content (AvgIpc) is 3.12. The van der Waals surface area contributed by atoms with Crippen LogP contribution in [-0.2, 0) is 4.79 Å². The van der Waals surface area contributed by atoms with Gasteiger partial charge < -0.3 is 15.1 Å². The maximum absolute atomic E-state index is 13.8. The first kappa shape index (κ1) is 18.4. The number of furan rings is 1. The van der Waals surface area contributed by atoms with Crippen LogP contribution in [0.4, 0.5) is 15.8 Å². The van der Waals surface area contributed by atoms with Gasteiger partial charge in [0.25, 0.3) is 5.91 Å². The number of halogens is 1. The van der Waals surface area contributed by atoms with Crippen molar-refractivity contribution in [3.8, 4) is 11.3 Å². The smallest absolute Gasteiger partial charge is 0.291 e. The van der Waals surface area contributed by atoms with Crippen molar-refractivity contribution in [3.63, 3.8) is 0 Å². The molecule has 0 unspecified atom stereocenters. The van der Waals surface area contributed by atoms with Gasteiger partial charge in [-0.05, 0) is 42.5 Å². The fourth-order valence-electron chi connectivity index (χ4n) is 2.42. The lowest BCUT2D eigenvalue weighted by atomic mass is 10.1. The molecule has 0 bridgehead atoms. The van der Waals surface area contributed by atoms with Crippen LogP contribution >= 0.6 is 0 Å². The van der Waals surface area contributed by atoms with Crippen LogP contribution < -0.4 is 10.6 Å². The maximum Gasteiger partial charge on any atom is 0.291 e. The normalized spacial score (nSPS) is 10.7. The lowest BCUT2D eigenvalue weighted by Crippen LogP contribution is -2.18. The van der Waals surface area contributed by atoms with Gasteiger partial charge in [0.1, 0.15) is 11.6 Å². The van der Waals surface area contributed by atoms with Crippen molar-refractivity contribution < 1.29 is 18.4 Å². The Kier molecular flexibility index (Phi) is 5.35. The Morgan fingerprint density at radius 3 is 2.33 bits per heavy atom. The number of amides is 2. The molecule has 27 heavy (non-hydrogen) atoms. The number of hydrogen-bond acceptors (Lipinski definition) is 3. The molecular formula is C21H19FN2O3. The second-order valence-electron chi connectivity index (χ2n) is 6.32. The van der Waals surface area contributed by atoms with Gasteiger partial charge in [-0.25, -0.2) is 4.39 Å². The van der Waals surface area contributed by atoms with Crippen molar-refractivity contribution in [2.45, 2.75) is 13.8 Å². The van der Waals surface area contributed by atoms with E-state index in [-0.39, 0.29) is 28.9 Å². The molecule has 0 aliphatic heterocycles.